The third-order valence-electron chi connectivity index (χ3n) is 3.27. The number of carbonyl (C=O) groups excluding carboxylic acids is 2. The number of rotatable bonds is 6. The molecule has 2 aromatic rings. The number of carbonyl (C=O) groups is 2. The molecule has 0 unspecified atom stereocenters. The summed E-state index contributed by atoms with van der Waals surface area (Å²) < 4.78 is 28.1. The van der Waals surface area contributed by atoms with Crippen molar-refractivity contribution in [2.24, 2.45) is 0 Å². The van der Waals surface area contributed by atoms with Gasteiger partial charge in [0.25, 0.3) is 0 Å². The van der Waals surface area contributed by atoms with Gasteiger partial charge in [0.2, 0.25) is 0 Å². The van der Waals surface area contributed by atoms with Gasteiger partial charge in [0.1, 0.15) is 5.01 Å². The van der Waals surface area contributed by atoms with E-state index < -0.39 is 34.1 Å². The highest BCUT2D eigenvalue weighted by molar-refractivity contribution is 7.90. The SMILES string of the molecule is Cc1csc([C@@H](C#N)C(=O)COC(=O)c2cc(S(C)(=O)=O)ccc2Cl)n1. The van der Waals surface area contributed by atoms with Crippen LogP contribution in [0, 0.1) is 18.3 Å². The molecule has 1 aromatic heterocycles. The highest BCUT2D eigenvalue weighted by atomic mass is 35.5. The van der Waals surface area contributed by atoms with E-state index >= 15 is 0 Å². The number of aromatic nitrogens is 1. The number of nitrogens with zero attached hydrogens (tertiary/aromatic N) is 2. The first kappa shape index (κ1) is 20.0. The minimum Gasteiger partial charge on any atom is -0.454 e. The van der Waals surface area contributed by atoms with E-state index in [0.717, 1.165) is 12.3 Å². The molecule has 0 amide bonds. The molecule has 0 spiro atoms. The van der Waals surface area contributed by atoms with Gasteiger partial charge in [-0.1, -0.05) is 11.6 Å². The van der Waals surface area contributed by atoms with Gasteiger partial charge in [0.05, 0.1) is 21.6 Å². The van der Waals surface area contributed by atoms with Crippen molar-refractivity contribution in [2.45, 2.75) is 17.7 Å². The highest BCUT2D eigenvalue weighted by Crippen LogP contribution is 2.23. The first-order valence-electron chi connectivity index (χ1n) is 7.14. The van der Waals surface area contributed by atoms with Gasteiger partial charge in [0, 0.05) is 17.3 Å². The summed E-state index contributed by atoms with van der Waals surface area (Å²) in [7, 11) is -3.54. The molecule has 1 aromatic carbocycles. The van der Waals surface area contributed by atoms with Crippen molar-refractivity contribution in [1.29, 1.82) is 5.26 Å². The Hall–Kier alpha value is -2.28. The van der Waals surface area contributed by atoms with Crippen LogP contribution in [0.15, 0.2) is 28.5 Å². The van der Waals surface area contributed by atoms with Crippen LogP contribution in [0.1, 0.15) is 27.0 Å². The van der Waals surface area contributed by atoms with Gasteiger partial charge >= 0.3 is 5.97 Å². The van der Waals surface area contributed by atoms with Crippen LogP contribution in [0.2, 0.25) is 5.02 Å². The van der Waals surface area contributed by atoms with Crippen LogP contribution in [-0.4, -0.2) is 38.0 Å². The fourth-order valence-electron chi connectivity index (χ4n) is 1.96. The standard InChI is InChI=1S/C16H13ClN2O5S2/c1-9-8-25-15(19-9)12(6-18)14(20)7-24-16(21)11-5-10(26(2,22)23)3-4-13(11)17/h3-5,8,12H,7H2,1-2H3/t12-/m0/s1. The Kier molecular flexibility index (Phi) is 6.13. The number of thiazole rings is 1. The average Bonchev–Trinajstić information content (AvgIpc) is 2.98. The number of sulfone groups is 1. The maximum absolute atomic E-state index is 12.2. The molecule has 0 radical (unpaired) electrons. The molecule has 10 heteroatoms. The predicted octanol–water partition coefficient (Wildman–Crippen LogP) is 2.54. The van der Waals surface area contributed by atoms with Crippen molar-refractivity contribution in [2.75, 3.05) is 12.9 Å². The van der Waals surface area contributed by atoms with Crippen molar-refractivity contribution >= 4 is 44.5 Å². The van der Waals surface area contributed by atoms with Crippen LogP contribution in [0.4, 0.5) is 0 Å². The lowest BCUT2D eigenvalue weighted by atomic mass is 10.1. The van der Waals surface area contributed by atoms with Crippen LogP contribution < -0.4 is 0 Å². The van der Waals surface area contributed by atoms with E-state index in [1.54, 1.807) is 12.3 Å². The molecule has 0 saturated carbocycles. The molecule has 0 N–H and O–H groups in total. The number of esters is 1. The van der Waals surface area contributed by atoms with E-state index in [-0.39, 0.29) is 15.5 Å². The minimum atomic E-state index is -3.54. The van der Waals surface area contributed by atoms with Crippen LogP contribution in [0.5, 0.6) is 0 Å². The smallest absolute Gasteiger partial charge is 0.340 e. The lowest BCUT2D eigenvalue weighted by molar-refractivity contribution is -0.122. The second-order valence-corrected chi connectivity index (χ2v) is 8.66. The van der Waals surface area contributed by atoms with Crippen LogP contribution in [0.25, 0.3) is 0 Å². The van der Waals surface area contributed by atoms with Crippen LogP contribution >= 0.6 is 22.9 Å². The molecule has 136 valence electrons. The van der Waals surface area contributed by atoms with Gasteiger partial charge < -0.3 is 4.74 Å². The number of aryl methyl sites for hydroxylation is 1. The Labute approximate surface area is 159 Å². The van der Waals surface area contributed by atoms with Gasteiger partial charge in [-0.15, -0.1) is 11.3 Å². The monoisotopic (exact) mass is 412 g/mol. The molecule has 0 bridgehead atoms. The number of ether oxygens (including phenoxy) is 1. The second kappa shape index (κ2) is 7.95. The Balaban J connectivity index is 2.13. The molecule has 0 aliphatic carbocycles. The second-order valence-electron chi connectivity index (χ2n) is 5.35. The minimum absolute atomic E-state index is 0.0118. The average molecular weight is 413 g/mol. The Bertz CT molecular complexity index is 1010. The van der Waals surface area contributed by atoms with E-state index in [1.165, 1.54) is 23.5 Å². The maximum atomic E-state index is 12.2. The molecular formula is C16H13ClN2O5S2. The summed E-state index contributed by atoms with van der Waals surface area (Å²) in [5.41, 5.74) is 0.500. The zero-order valence-electron chi connectivity index (χ0n) is 13.7. The fourth-order valence-corrected chi connectivity index (χ4v) is 3.66. The molecule has 0 aliphatic heterocycles. The molecular weight excluding hydrogens is 400 g/mol. The van der Waals surface area contributed by atoms with E-state index in [1.807, 2.05) is 6.07 Å². The quantitative estimate of drug-likeness (QED) is 0.669. The number of halogens is 1. The Morgan fingerprint density at radius 1 is 1.42 bits per heavy atom. The molecule has 7 nitrogen and oxygen atoms in total. The summed E-state index contributed by atoms with van der Waals surface area (Å²) in [6, 6.07) is 5.43. The van der Waals surface area contributed by atoms with Crippen molar-refractivity contribution in [3.05, 3.63) is 44.9 Å². The molecule has 0 fully saturated rings. The zero-order chi connectivity index (χ0) is 19.5. The van der Waals surface area contributed by atoms with Crippen molar-refractivity contribution < 1.29 is 22.7 Å². The molecule has 0 saturated heterocycles. The lowest BCUT2D eigenvalue weighted by Crippen LogP contribution is -2.20. The van der Waals surface area contributed by atoms with Gasteiger partial charge in [-0.3, -0.25) is 4.79 Å². The number of hydrogen-bond acceptors (Lipinski definition) is 8. The van der Waals surface area contributed by atoms with Crippen molar-refractivity contribution in [3.63, 3.8) is 0 Å². The van der Waals surface area contributed by atoms with E-state index in [2.05, 4.69) is 4.98 Å². The lowest BCUT2D eigenvalue weighted by Gasteiger charge is -2.09. The number of nitriles is 1. The third kappa shape index (κ3) is 4.66. The van der Waals surface area contributed by atoms with Crippen LogP contribution in [-0.2, 0) is 19.4 Å². The third-order valence-corrected chi connectivity index (χ3v) is 5.73. The topological polar surface area (TPSA) is 114 Å². The first-order valence-corrected chi connectivity index (χ1v) is 10.3. The molecule has 1 heterocycles. The number of Topliss-reactive ketones (excluding diaryl/α,β-unsaturated/α-hetero) is 1. The summed E-state index contributed by atoms with van der Waals surface area (Å²) >= 11 is 7.07. The van der Waals surface area contributed by atoms with Crippen LogP contribution in [0.3, 0.4) is 0 Å². The van der Waals surface area contributed by atoms with Gasteiger partial charge in [-0.2, -0.15) is 5.26 Å². The molecule has 0 aliphatic rings. The maximum Gasteiger partial charge on any atom is 0.340 e. The normalized spacial score (nSPS) is 12.2. The Morgan fingerprint density at radius 2 is 2.12 bits per heavy atom. The molecule has 26 heavy (non-hydrogen) atoms. The Morgan fingerprint density at radius 3 is 2.65 bits per heavy atom. The van der Waals surface area contributed by atoms with Gasteiger partial charge in [0.15, 0.2) is 28.1 Å². The molecule has 2 rings (SSSR count). The summed E-state index contributed by atoms with van der Waals surface area (Å²) in [6.45, 7) is 1.07. The summed E-state index contributed by atoms with van der Waals surface area (Å²) in [5, 5.41) is 11.2. The zero-order valence-corrected chi connectivity index (χ0v) is 16.1. The largest absolute Gasteiger partial charge is 0.454 e. The summed E-state index contributed by atoms with van der Waals surface area (Å²) in [5.74, 6) is -2.73. The molecule has 1 atom stereocenters. The number of ketones is 1. The summed E-state index contributed by atoms with van der Waals surface area (Å²) in [6.07, 6.45) is 0.988. The highest BCUT2D eigenvalue weighted by Gasteiger charge is 2.25. The number of benzene rings is 1. The van der Waals surface area contributed by atoms with Crippen molar-refractivity contribution in [3.8, 4) is 6.07 Å². The number of hydrogen-bond donors (Lipinski definition) is 0. The van der Waals surface area contributed by atoms with E-state index in [0.29, 0.717) is 10.7 Å². The fraction of sp³-hybridized carbons (Fsp3) is 0.250. The summed E-state index contributed by atoms with van der Waals surface area (Å²) in [4.78, 5) is 28.3. The van der Waals surface area contributed by atoms with Crippen molar-refractivity contribution in [1.82, 2.24) is 4.98 Å². The van der Waals surface area contributed by atoms with Gasteiger partial charge in [-0.05, 0) is 25.1 Å². The van der Waals surface area contributed by atoms with E-state index in [4.69, 9.17) is 16.3 Å². The predicted molar refractivity (Wildman–Crippen MR) is 95.1 cm³/mol. The first-order chi connectivity index (χ1) is 12.1. The van der Waals surface area contributed by atoms with Gasteiger partial charge in [-0.25, -0.2) is 18.2 Å². The van der Waals surface area contributed by atoms with E-state index in [9.17, 15) is 23.3 Å².